The van der Waals surface area contributed by atoms with E-state index in [1.807, 2.05) is 47.4 Å². The number of hydrogen-bond acceptors (Lipinski definition) is 5. The molecule has 2 N–H and O–H groups in total. The lowest BCUT2D eigenvalue weighted by Gasteiger charge is -2.39. The number of β-amino-alcohol motifs (C(OH)–C–C–N with tert-alkyl or cyclic N) is 1. The predicted molar refractivity (Wildman–Crippen MR) is 132 cm³/mol. The summed E-state index contributed by atoms with van der Waals surface area (Å²) in [6, 6.07) is 13.1. The van der Waals surface area contributed by atoms with Crippen molar-refractivity contribution in [3.8, 4) is 11.5 Å². The van der Waals surface area contributed by atoms with Crippen molar-refractivity contribution < 1.29 is 19.4 Å². The summed E-state index contributed by atoms with van der Waals surface area (Å²) in [5.41, 5.74) is 1.66. The maximum atomic E-state index is 12.4. The number of aliphatic hydroxyl groups excluding tert-OH is 1. The molecule has 2 fully saturated rings. The second-order valence-electron chi connectivity index (χ2n) is 9.60. The minimum Gasteiger partial charge on any atom is -0.489 e. The molecular weight excluding hydrogens is 454 g/mol. The summed E-state index contributed by atoms with van der Waals surface area (Å²) in [5.74, 6) is 1.52. The summed E-state index contributed by atoms with van der Waals surface area (Å²) in [6.07, 6.45) is 4.18. The zero-order valence-electron chi connectivity index (χ0n) is 19.3. The average molecular weight is 486 g/mol. The highest BCUT2D eigenvalue weighted by atomic mass is 35.5. The number of ether oxygens (including phenoxy) is 2. The number of carbonyl (C=O) groups excluding carboxylic acids is 1. The molecule has 34 heavy (non-hydrogen) atoms. The Bertz CT molecular complexity index is 1020. The van der Waals surface area contributed by atoms with Crippen molar-refractivity contribution in [2.24, 2.45) is 0 Å². The molecule has 0 aromatic heterocycles. The number of para-hydroxylation sites is 2. The van der Waals surface area contributed by atoms with Crippen LogP contribution in [-0.2, 0) is 6.42 Å². The number of piperidine rings is 1. The molecule has 3 heterocycles. The summed E-state index contributed by atoms with van der Waals surface area (Å²) in [4.78, 5) is 16.5. The van der Waals surface area contributed by atoms with Crippen molar-refractivity contribution in [1.82, 2.24) is 9.80 Å². The van der Waals surface area contributed by atoms with Crippen LogP contribution in [0, 0.1) is 0 Å². The summed E-state index contributed by atoms with van der Waals surface area (Å²) in [6.45, 7) is 4.00. The number of urea groups is 1. The Hall–Kier alpha value is -2.48. The van der Waals surface area contributed by atoms with E-state index in [2.05, 4.69) is 10.2 Å². The molecule has 7 nitrogen and oxygen atoms in total. The van der Waals surface area contributed by atoms with Crippen LogP contribution < -0.4 is 14.8 Å². The van der Waals surface area contributed by atoms with Gasteiger partial charge in [0.15, 0.2) is 0 Å². The first-order valence-electron chi connectivity index (χ1n) is 12.2. The molecule has 2 amide bonds. The van der Waals surface area contributed by atoms with Crippen LogP contribution in [0.1, 0.15) is 31.2 Å². The van der Waals surface area contributed by atoms with Crippen molar-refractivity contribution in [1.29, 1.82) is 0 Å². The summed E-state index contributed by atoms with van der Waals surface area (Å²) in [7, 11) is 0. The van der Waals surface area contributed by atoms with Gasteiger partial charge in [0.05, 0.1) is 5.69 Å². The lowest BCUT2D eigenvalue weighted by atomic mass is 9.87. The molecule has 0 unspecified atom stereocenters. The first-order chi connectivity index (χ1) is 16.5. The zero-order chi connectivity index (χ0) is 23.5. The van der Waals surface area contributed by atoms with Crippen molar-refractivity contribution >= 4 is 23.3 Å². The van der Waals surface area contributed by atoms with Crippen molar-refractivity contribution in [3.05, 3.63) is 53.1 Å². The van der Waals surface area contributed by atoms with Gasteiger partial charge in [0, 0.05) is 57.0 Å². The highest BCUT2D eigenvalue weighted by Crippen LogP contribution is 2.42. The van der Waals surface area contributed by atoms with Gasteiger partial charge < -0.3 is 29.7 Å². The van der Waals surface area contributed by atoms with E-state index in [1.54, 1.807) is 0 Å². The summed E-state index contributed by atoms with van der Waals surface area (Å²) in [5, 5.41) is 14.3. The van der Waals surface area contributed by atoms with Crippen LogP contribution in [0.4, 0.5) is 10.5 Å². The maximum Gasteiger partial charge on any atom is 0.321 e. The number of halogens is 1. The molecular formula is C26H32ClN3O4. The Morgan fingerprint density at radius 3 is 2.71 bits per heavy atom. The van der Waals surface area contributed by atoms with E-state index < -0.39 is 6.10 Å². The number of nitrogens with zero attached hydrogens (tertiary/aromatic N) is 2. The Morgan fingerprint density at radius 2 is 1.91 bits per heavy atom. The Balaban J connectivity index is 1.09. The fraction of sp³-hybridized carbons (Fsp3) is 0.500. The van der Waals surface area contributed by atoms with Gasteiger partial charge in [0.1, 0.15) is 29.8 Å². The van der Waals surface area contributed by atoms with Crippen LogP contribution >= 0.6 is 11.6 Å². The molecule has 2 aromatic rings. The molecule has 2 aromatic carbocycles. The van der Waals surface area contributed by atoms with Gasteiger partial charge >= 0.3 is 6.03 Å². The third-order valence-corrected chi connectivity index (χ3v) is 7.29. The van der Waals surface area contributed by atoms with Gasteiger partial charge in [0.2, 0.25) is 0 Å². The molecule has 182 valence electrons. The fourth-order valence-corrected chi connectivity index (χ4v) is 5.37. The number of amides is 2. The van der Waals surface area contributed by atoms with Gasteiger partial charge in [-0.1, -0.05) is 23.7 Å². The molecule has 1 spiro atoms. The third-order valence-electron chi connectivity index (χ3n) is 7.05. The minimum absolute atomic E-state index is 0.102. The van der Waals surface area contributed by atoms with E-state index >= 15 is 0 Å². The summed E-state index contributed by atoms with van der Waals surface area (Å²) < 4.78 is 12.2. The second-order valence-corrected chi connectivity index (χ2v) is 10.0. The first-order valence-corrected chi connectivity index (χ1v) is 12.5. The smallest absolute Gasteiger partial charge is 0.321 e. The number of fused-ring (bicyclic) bond motifs is 1. The Morgan fingerprint density at radius 1 is 1.15 bits per heavy atom. The number of carbonyl (C=O) groups is 1. The van der Waals surface area contributed by atoms with Crippen LogP contribution in [0.2, 0.25) is 5.02 Å². The van der Waals surface area contributed by atoms with E-state index in [-0.39, 0.29) is 18.2 Å². The lowest BCUT2D eigenvalue weighted by molar-refractivity contribution is -0.00191. The van der Waals surface area contributed by atoms with E-state index in [0.717, 1.165) is 69.1 Å². The van der Waals surface area contributed by atoms with Crippen molar-refractivity contribution in [3.63, 3.8) is 0 Å². The highest BCUT2D eigenvalue weighted by molar-refractivity contribution is 6.30. The van der Waals surface area contributed by atoms with Crippen LogP contribution in [0.25, 0.3) is 0 Å². The van der Waals surface area contributed by atoms with E-state index in [0.29, 0.717) is 18.0 Å². The second kappa shape index (κ2) is 10.0. The van der Waals surface area contributed by atoms with Crippen LogP contribution in [0.3, 0.4) is 0 Å². The molecule has 8 heteroatoms. The molecule has 3 aliphatic heterocycles. The SMILES string of the molecule is O=C(Nc1ccccc1OC[C@H](O)CN1CCC2(CC1)Cc1cc(Cl)ccc1O2)N1CCCC1. The molecule has 0 bridgehead atoms. The lowest BCUT2D eigenvalue weighted by Crippen LogP contribution is -2.49. The number of hydrogen-bond donors (Lipinski definition) is 2. The van der Waals surface area contributed by atoms with E-state index in [9.17, 15) is 9.90 Å². The minimum atomic E-state index is -0.628. The molecule has 0 radical (unpaired) electrons. The zero-order valence-corrected chi connectivity index (χ0v) is 20.1. The Labute approximate surface area is 205 Å². The molecule has 3 aliphatic rings. The van der Waals surface area contributed by atoms with E-state index in [1.165, 1.54) is 5.56 Å². The summed E-state index contributed by atoms with van der Waals surface area (Å²) >= 11 is 6.14. The van der Waals surface area contributed by atoms with Crippen LogP contribution in [0.15, 0.2) is 42.5 Å². The van der Waals surface area contributed by atoms with Gasteiger partial charge in [-0.05, 0) is 48.7 Å². The van der Waals surface area contributed by atoms with E-state index in [4.69, 9.17) is 21.1 Å². The number of benzene rings is 2. The predicted octanol–water partition coefficient (Wildman–Crippen LogP) is 4.18. The quantitative estimate of drug-likeness (QED) is 0.642. The number of anilines is 1. The molecule has 0 aliphatic carbocycles. The number of likely N-dealkylation sites (tertiary alicyclic amines) is 2. The van der Waals surface area contributed by atoms with Gasteiger partial charge in [-0.2, -0.15) is 0 Å². The molecule has 1 atom stereocenters. The number of aliphatic hydroxyl groups is 1. The van der Waals surface area contributed by atoms with Gasteiger partial charge in [-0.15, -0.1) is 0 Å². The van der Waals surface area contributed by atoms with Gasteiger partial charge in [0.25, 0.3) is 0 Å². The van der Waals surface area contributed by atoms with Crippen LogP contribution in [-0.4, -0.2) is 72.0 Å². The van der Waals surface area contributed by atoms with Crippen LogP contribution in [0.5, 0.6) is 11.5 Å². The van der Waals surface area contributed by atoms with Gasteiger partial charge in [-0.3, -0.25) is 0 Å². The highest BCUT2D eigenvalue weighted by Gasteiger charge is 2.42. The first kappa shape index (κ1) is 23.3. The Kier molecular flexibility index (Phi) is 6.86. The molecule has 5 rings (SSSR count). The molecule has 2 saturated heterocycles. The van der Waals surface area contributed by atoms with Gasteiger partial charge in [-0.25, -0.2) is 4.79 Å². The number of nitrogens with one attached hydrogen (secondary N) is 1. The number of rotatable bonds is 6. The third kappa shape index (κ3) is 5.27. The maximum absolute atomic E-state index is 12.4. The molecule has 0 saturated carbocycles. The normalized spacial score (nSPS) is 20.1. The topological polar surface area (TPSA) is 74.3 Å². The monoisotopic (exact) mass is 485 g/mol. The van der Waals surface area contributed by atoms with Crippen molar-refractivity contribution in [2.75, 3.05) is 44.6 Å². The largest absolute Gasteiger partial charge is 0.489 e. The van der Waals surface area contributed by atoms with Crippen molar-refractivity contribution in [2.45, 2.75) is 43.8 Å². The standard InChI is InChI=1S/C26H32ClN3O4/c27-20-7-8-23-19(15-20)16-26(34-23)9-13-29(14-10-26)17-21(31)18-33-24-6-2-1-5-22(24)28-25(32)30-11-3-4-12-30/h1-2,5-8,15,21,31H,3-4,9-14,16-18H2,(H,28,32)/t21-/m1/s1. The fourth-order valence-electron chi connectivity index (χ4n) is 5.17. The average Bonchev–Trinajstić information content (AvgIpc) is 3.48.